The van der Waals surface area contributed by atoms with Crippen molar-refractivity contribution in [2.24, 2.45) is 9.98 Å². The molecule has 2 N–H and O–H groups in total. The van der Waals surface area contributed by atoms with Crippen LogP contribution in [0.1, 0.15) is 34.6 Å². The summed E-state index contributed by atoms with van der Waals surface area (Å²) in [6.07, 6.45) is 1.94. The summed E-state index contributed by atoms with van der Waals surface area (Å²) in [7, 11) is 2.14. The van der Waals surface area contributed by atoms with Gasteiger partial charge < -0.3 is 15.1 Å². The zero-order valence-electron chi connectivity index (χ0n) is 20.0. The minimum atomic E-state index is 0.632. The molecule has 0 bridgehead atoms. The maximum Gasteiger partial charge on any atom is 0.153 e. The first-order valence-electron chi connectivity index (χ1n) is 11.2. The van der Waals surface area contributed by atoms with Crippen molar-refractivity contribution in [3.05, 3.63) is 48.3 Å². The van der Waals surface area contributed by atoms with Crippen molar-refractivity contribution in [3.8, 4) is 11.3 Å². The van der Waals surface area contributed by atoms with Gasteiger partial charge in [-0.05, 0) is 26.3 Å². The van der Waals surface area contributed by atoms with Crippen LogP contribution >= 0.6 is 0 Å². The molecule has 31 heavy (non-hydrogen) atoms. The molecule has 0 spiro atoms. The lowest BCUT2D eigenvalue weighted by Crippen LogP contribution is -2.46. The maximum absolute atomic E-state index is 4.65. The second kappa shape index (κ2) is 15.0. The van der Waals surface area contributed by atoms with E-state index in [1.165, 1.54) is 0 Å². The van der Waals surface area contributed by atoms with E-state index in [0.717, 1.165) is 49.8 Å². The summed E-state index contributed by atoms with van der Waals surface area (Å²) in [5.74, 6) is 2.26. The molecule has 170 valence electrons. The second-order valence-electron chi connectivity index (χ2n) is 6.47. The summed E-state index contributed by atoms with van der Waals surface area (Å²) in [5, 5.41) is 10.6. The molecule has 1 fully saturated rings. The van der Waals surface area contributed by atoms with Crippen LogP contribution in [0.3, 0.4) is 0 Å². The average molecular weight is 426 g/mol. The Balaban J connectivity index is 0.00000113. The number of aromatic nitrogens is 2. The number of hydrogen-bond donors (Lipinski definition) is 2. The van der Waals surface area contributed by atoms with E-state index in [1.54, 1.807) is 0 Å². The van der Waals surface area contributed by atoms with Crippen LogP contribution in [0.4, 0.5) is 5.82 Å². The smallest absolute Gasteiger partial charge is 0.153 e. The Hall–Kier alpha value is -2.93. The van der Waals surface area contributed by atoms with Crippen LogP contribution in [0.15, 0.2) is 58.3 Å². The summed E-state index contributed by atoms with van der Waals surface area (Å²) in [6.45, 7) is 18.4. The molecule has 1 aliphatic heterocycles. The van der Waals surface area contributed by atoms with Gasteiger partial charge in [0.25, 0.3) is 0 Å². The number of piperazine rings is 1. The number of hydrogen-bond acceptors (Lipinski definition) is 5. The zero-order chi connectivity index (χ0) is 23.1. The van der Waals surface area contributed by atoms with E-state index in [2.05, 4.69) is 49.1 Å². The third-order valence-corrected chi connectivity index (χ3v) is 4.50. The van der Waals surface area contributed by atoms with E-state index >= 15 is 0 Å². The Kier molecular flexibility index (Phi) is 12.6. The lowest BCUT2D eigenvalue weighted by Gasteiger charge is -2.33. The van der Waals surface area contributed by atoms with Crippen molar-refractivity contribution < 1.29 is 0 Å². The summed E-state index contributed by atoms with van der Waals surface area (Å²) in [6, 6.07) is 12.0. The van der Waals surface area contributed by atoms with Crippen molar-refractivity contribution in [2.75, 3.05) is 45.1 Å². The van der Waals surface area contributed by atoms with Gasteiger partial charge in [-0.3, -0.25) is 10.1 Å². The van der Waals surface area contributed by atoms with Crippen molar-refractivity contribution in [2.45, 2.75) is 34.6 Å². The highest BCUT2D eigenvalue weighted by atomic mass is 15.3. The number of benzene rings is 1. The topological polar surface area (TPSA) is 71.9 Å². The molecule has 2 aromatic rings. The molecule has 1 aromatic heterocycles. The van der Waals surface area contributed by atoms with Gasteiger partial charge in [0.2, 0.25) is 0 Å². The fraction of sp³-hybridized carbons (Fsp3) is 0.458. The van der Waals surface area contributed by atoms with Gasteiger partial charge in [0, 0.05) is 44.9 Å². The van der Waals surface area contributed by atoms with E-state index in [9.17, 15) is 0 Å². The highest BCUT2D eigenvalue weighted by Crippen LogP contribution is 2.20. The molecule has 3 rings (SSSR count). The SMILES string of the molecule is C=N/C(=C\C(=NCC)N1CCN(C)CC1)Nc1cc(-c2ccccc2)[nH]n1.CC.CC. The Morgan fingerprint density at radius 1 is 1.13 bits per heavy atom. The van der Waals surface area contributed by atoms with Crippen LogP contribution in [0.5, 0.6) is 0 Å². The van der Waals surface area contributed by atoms with Crippen LogP contribution in [0.25, 0.3) is 11.3 Å². The third-order valence-electron chi connectivity index (χ3n) is 4.50. The molecule has 7 nitrogen and oxygen atoms in total. The number of rotatable bonds is 6. The van der Waals surface area contributed by atoms with E-state index in [0.29, 0.717) is 11.6 Å². The van der Waals surface area contributed by atoms with Crippen LogP contribution in [-0.2, 0) is 0 Å². The lowest BCUT2D eigenvalue weighted by molar-refractivity contribution is 0.216. The van der Waals surface area contributed by atoms with Crippen LogP contribution in [0.2, 0.25) is 0 Å². The summed E-state index contributed by atoms with van der Waals surface area (Å²) < 4.78 is 0. The molecule has 1 saturated heterocycles. The molecule has 1 aromatic carbocycles. The molecule has 2 heterocycles. The number of likely N-dealkylation sites (N-methyl/N-ethyl adjacent to an activating group) is 1. The van der Waals surface area contributed by atoms with Crippen molar-refractivity contribution in [1.29, 1.82) is 0 Å². The van der Waals surface area contributed by atoms with Crippen LogP contribution in [0, 0.1) is 0 Å². The number of aliphatic imine (C=N–C) groups is 2. The van der Waals surface area contributed by atoms with E-state index in [-0.39, 0.29) is 0 Å². The predicted molar refractivity (Wildman–Crippen MR) is 135 cm³/mol. The number of anilines is 1. The minimum absolute atomic E-state index is 0.632. The summed E-state index contributed by atoms with van der Waals surface area (Å²) in [4.78, 5) is 13.4. The Labute approximate surface area is 188 Å². The van der Waals surface area contributed by atoms with Gasteiger partial charge in [-0.1, -0.05) is 58.0 Å². The van der Waals surface area contributed by atoms with Crippen molar-refractivity contribution in [3.63, 3.8) is 0 Å². The Morgan fingerprint density at radius 2 is 1.77 bits per heavy atom. The van der Waals surface area contributed by atoms with E-state index < -0.39 is 0 Å². The molecule has 1 aliphatic rings. The number of nitrogens with one attached hydrogen (secondary N) is 2. The largest absolute Gasteiger partial charge is 0.354 e. The molecular formula is C24H39N7. The molecular weight excluding hydrogens is 386 g/mol. The number of aromatic amines is 1. The Bertz CT molecular complexity index is 800. The number of nitrogens with zero attached hydrogens (tertiary/aromatic N) is 5. The van der Waals surface area contributed by atoms with Crippen LogP contribution < -0.4 is 5.32 Å². The first kappa shape index (κ1) is 26.1. The van der Waals surface area contributed by atoms with Gasteiger partial charge in [0.1, 0.15) is 11.7 Å². The van der Waals surface area contributed by atoms with Gasteiger partial charge in [-0.15, -0.1) is 0 Å². The molecule has 7 heteroatoms. The van der Waals surface area contributed by atoms with Gasteiger partial charge in [0.05, 0.1) is 5.69 Å². The maximum atomic E-state index is 4.65. The fourth-order valence-corrected chi connectivity index (χ4v) is 2.96. The highest BCUT2D eigenvalue weighted by molar-refractivity contribution is 5.94. The molecule has 0 radical (unpaired) electrons. The fourth-order valence-electron chi connectivity index (χ4n) is 2.96. The average Bonchev–Trinajstić information content (AvgIpc) is 3.30. The van der Waals surface area contributed by atoms with E-state index in [4.69, 9.17) is 0 Å². The molecule has 0 unspecified atom stereocenters. The van der Waals surface area contributed by atoms with Gasteiger partial charge in [0.15, 0.2) is 5.82 Å². The van der Waals surface area contributed by atoms with Gasteiger partial charge in [-0.2, -0.15) is 5.10 Å². The standard InChI is InChI=1S/C20H27N7.2C2H6/c1-4-22-20(27-12-10-26(3)11-13-27)15-18(21-2)23-19-14-17(24-25-19)16-8-6-5-7-9-16;2*1-2/h5-9,14-15H,2,4,10-13H2,1,3H3,(H2,23,24,25);2*1-2H3/b18-15+,22-20?;;. The molecule has 0 saturated carbocycles. The van der Waals surface area contributed by atoms with E-state index in [1.807, 2.05) is 77.1 Å². The molecule has 0 atom stereocenters. The monoisotopic (exact) mass is 425 g/mol. The minimum Gasteiger partial charge on any atom is -0.354 e. The number of amidine groups is 1. The second-order valence-corrected chi connectivity index (χ2v) is 6.47. The van der Waals surface area contributed by atoms with Gasteiger partial charge in [-0.25, -0.2) is 4.99 Å². The molecule has 0 amide bonds. The summed E-state index contributed by atoms with van der Waals surface area (Å²) >= 11 is 0. The van der Waals surface area contributed by atoms with Crippen LogP contribution in [-0.4, -0.2) is 72.3 Å². The molecule has 0 aliphatic carbocycles. The normalized spacial score (nSPS) is 14.7. The van der Waals surface area contributed by atoms with Gasteiger partial charge >= 0.3 is 0 Å². The highest BCUT2D eigenvalue weighted by Gasteiger charge is 2.16. The first-order valence-corrected chi connectivity index (χ1v) is 11.2. The Morgan fingerprint density at radius 3 is 2.35 bits per heavy atom. The predicted octanol–water partition coefficient (Wildman–Crippen LogP) is 4.75. The van der Waals surface area contributed by atoms with Crippen molar-refractivity contribution in [1.82, 2.24) is 20.0 Å². The lowest BCUT2D eigenvalue weighted by atomic mass is 10.2. The third kappa shape index (κ3) is 8.38. The zero-order valence-corrected chi connectivity index (χ0v) is 20.0. The van der Waals surface area contributed by atoms with Crippen molar-refractivity contribution >= 4 is 18.4 Å². The number of H-pyrrole nitrogens is 1. The first-order chi connectivity index (χ1) is 15.2. The quantitative estimate of drug-likeness (QED) is 0.517. The summed E-state index contributed by atoms with van der Waals surface area (Å²) in [5.41, 5.74) is 2.03.